The fourth-order valence-electron chi connectivity index (χ4n) is 7.27. The maximum atomic E-state index is 13.4. The van der Waals surface area contributed by atoms with E-state index in [1.54, 1.807) is 0 Å². The van der Waals surface area contributed by atoms with Crippen LogP contribution >= 0.6 is 43.5 Å². The Morgan fingerprint density at radius 2 is 1.69 bits per heavy atom. The molecule has 6 nitrogen and oxygen atoms in total. The standard InChI is InChI=1S/C33H37Br2ClN4O2/c1-2-38-11-3-4-28(38)33(42)40-12-7-21(8-13-40)16-29(41)39-14-9-22(10-15-39)31-30-23(18-26(36)19-27(30)35)5-6-24-17-25(34)20-37-32(24)31/h3-4,11,17-22,31H,2,5-10,12-16H2,1H3/t31-/m1/s1. The normalized spacial score (nSPS) is 19.8. The Labute approximate surface area is 270 Å². The summed E-state index contributed by atoms with van der Waals surface area (Å²) in [5.74, 6) is 1.26. The number of hydrogen-bond acceptors (Lipinski definition) is 3. The minimum atomic E-state index is 0.103. The Morgan fingerprint density at radius 1 is 0.976 bits per heavy atom. The molecule has 2 saturated heterocycles. The van der Waals surface area contributed by atoms with Gasteiger partial charge in [-0.3, -0.25) is 14.6 Å². The summed E-state index contributed by atoms with van der Waals surface area (Å²) < 4.78 is 4.06. The van der Waals surface area contributed by atoms with E-state index in [2.05, 4.69) is 55.8 Å². The monoisotopic (exact) mass is 714 g/mol. The molecule has 1 atom stereocenters. The van der Waals surface area contributed by atoms with Crippen LogP contribution in [-0.4, -0.2) is 57.3 Å². The Hall–Kier alpha value is -2.16. The van der Waals surface area contributed by atoms with Crippen LogP contribution in [-0.2, 0) is 24.2 Å². The molecule has 2 amide bonds. The minimum absolute atomic E-state index is 0.103. The summed E-state index contributed by atoms with van der Waals surface area (Å²) in [5.41, 5.74) is 5.81. The largest absolute Gasteiger partial charge is 0.344 e. The molecule has 4 heterocycles. The molecule has 0 N–H and O–H groups in total. The lowest BCUT2D eigenvalue weighted by molar-refractivity contribution is -0.134. The lowest BCUT2D eigenvalue weighted by atomic mass is 9.76. The lowest BCUT2D eigenvalue weighted by Gasteiger charge is -2.38. The van der Waals surface area contributed by atoms with Crippen LogP contribution in [0.3, 0.4) is 0 Å². The molecule has 3 aromatic rings. The maximum Gasteiger partial charge on any atom is 0.270 e. The van der Waals surface area contributed by atoms with Gasteiger partial charge >= 0.3 is 0 Å². The number of halogens is 3. The van der Waals surface area contributed by atoms with Crippen molar-refractivity contribution in [2.24, 2.45) is 11.8 Å². The molecular formula is C33H37Br2ClN4O2. The van der Waals surface area contributed by atoms with E-state index in [1.807, 2.05) is 40.1 Å². The van der Waals surface area contributed by atoms with Gasteiger partial charge in [-0.05, 0) is 120 Å². The average Bonchev–Trinajstić information content (AvgIpc) is 3.41. The van der Waals surface area contributed by atoms with Gasteiger partial charge in [0.1, 0.15) is 5.69 Å². The van der Waals surface area contributed by atoms with Crippen molar-refractivity contribution in [3.8, 4) is 0 Å². The van der Waals surface area contributed by atoms with Crippen LogP contribution in [0, 0.1) is 11.8 Å². The molecule has 0 saturated carbocycles. The SMILES string of the molecule is CCn1cccc1C(=O)N1CCC(CC(=O)N2CCC([C@H]3c4ncc(Br)cc4CCc4cc(Cl)cc(Br)c43)CC2)CC1. The van der Waals surface area contributed by atoms with Crippen molar-refractivity contribution in [1.29, 1.82) is 0 Å². The quantitative estimate of drug-likeness (QED) is 0.275. The first kappa shape index (κ1) is 29.9. The average molecular weight is 717 g/mol. The fourth-order valence-corrected chi connectivity index (χ4v) is 8.77. The summed E-state index contributed by atoms with van der Waals surface area (Å²) in [7, 11) is 0. The van der Waals surface area contributed by atoms with Crippen molar-refractivity contribution in [1.82, 2.24) is 19.4 Å². The van der Waals surface area contributed by atoms with E-state index >= 15 is 0 Å². The Morgan fingerprint density at radius 3 is 2.43 bits per heavy atom. The maximum absolute atomic E-state index is 13.4. The van der Waals surface area contributed by atoms with Crippen LogP contribution in [0.15, 0.2) is 51.7 Å². The van der Waals surface area contributed by atoms with Crippen molar-refractivity contribution < 1.29 is 9.59 Å². The number of rotatable bonds is 5. The zero-order valence-electron chi connectivity index (χ0n) is 24.0. The van der Waals surface area contributed by atoms with Gasteiger partial charge in [-0.2, -0.15) is 0 Å². The van der Waals surface area contributed by atoms with Crippen molar-refractivity contribution in [3.05, 3.63) is 84.8 Å². The molecule has 0 spiro atoms. The number of piperidine rings is 2. The van der Waals surface area contributed by atoms with E-state index < -0.39 is 0 Å². The van der Waals surface area contributed by atoms with Gasteiger partial charge in [0.2, 0.25) is 5.91 Å². The van der Waals surface area contributed by atoms with Crippen molar-refractivity contribution in [2.75, 3.05) is 26.2 Å². The van der Waals surface area contributed by atoms with Crippen LogP contribution in [0.5, 0.6) is 0 Å². The third-order valence-electron chi connectivity index (χ3n) is 9.54. The molecule has 2 fully saturated rings. The molecule has 9 heteroatoms. The molecule has 0 unspecified atom stereocenters. The van der Waals surface area contributed by atoms with Crippen LogP contribution in [0.1, 0.15) is 77.8 Å². The highest BCUT2D eigenvalue weighted by Gasteiger charge is 2.37. The first-order chi connectivity index (χ1) is 20.3. The van der Waals surface area contributed by atoms with Gasteiger partial charge in [0.05, 0.1) is 5.69 Å². The second-order valence-electron chi connectivity index (χ2n) is 12.0. The molecule has 42 heavy (non-hydrogen) atoms. The first-order valence-electron chi connectivity index (χ1n) is 15.2. The summed E-state index contributed by atoms with van der Waals surface area (Å²) in [5, 5.41) is 0.755. The summed E-state index contributed by atoms with van der Waals surface area (Å²) >= 11 is 14.0. The molecule has 6 rings (SSSR count). The molecule has 0 radical (unpaired) electrons. The Balaban J connectivity index is 1.09. The van der Waals surface area contributed by atoms with Gasteiger partial charge in [-0.25, -0.2) is 0 Å². The molecular weight excluding hydrogens is 680 g/mol. The highest BCUT2D eigenvalue weighted by atomic mass is 79.9. The molecule has 3 aliphatic rings. The molecule has 222 valence electrons. The highest BCUT2D eigenvalue weighted by molar-refractivity contribution is 9.10. The minimum Gasteiger partial charge on any atom is -0.344 e. The van der Waals surface area contributed by atoms with Crippen LogP contribution in [0.4, 0.5) is 0 Å². The van der Waals surface area contributed by atoms with E-state index in [-0.39, 0.29) is 17.7 Å². The summed E-state index contributed by atoms with van der Waals surface area (Å²) in [6, 6.07) is 10.2. The van der Waals surface area contributed by atoms with Gasteiger partial charge < -0.3 is 14.4 Å². The number of nitrogens with zero attached hydrogens (tertiary/aromatic N) is 4. The van der Waals surface area contributed by atoms with E-state index in [4.69, 9.17) is 16.6 Å². The molecule has 2 aromatic heterocycles. The summed E-state index contributed by atoms with van der Waals surface area (Å²) in [6.07, 6.45) is 9.99. The molecule has 0 bridgehead atoms. The predicted octanol–water partition coefficient (Wildman–Crippen LogP) is 7.49. The van der Waals surface area contributed by atoms with E-state index in [0.717, 1.165) is 96.6 Å². The van der Waals surface area contributed by atoms with Gasteiger partial charge in [0, 0.05) is 71.4 Å². The summed E-state index contributed by atoms with van der Waals surface area (Å²) in [6.45, 7) is 5.83. The van der Waals surface area contributed by atoms with E-state index in [1.165, 1.54) is 16.7 Å². The third-order valence-corrected chi connectivity index (χ3v) is 10.8. The highest BCUT2D eigenvalue weighted by Crippen LogP contribution is 2.46. The number of benzene rings is 1. The molecule has 1 aliphatic carbocycles. The number of aryl methyl sites for hydroxylation is 3. The van der Waals surface area contributed by atoms with Crippen LogP contribution in [0.25, 0.3) is 0 Å². The number of hydrogen-bond donors (Lipinski definition) is 0. The topological polar surface area (TPSA) is 58.4 Å². The van der Waals surface area contributed by atoms with Crippen LogP contribution in [0.2, 0.25) is 5.02 Å². The van der Waals surface area contributed by atoms with E-state index in [9.17, 15) is 9.59 Å². The number of aromatic nitrogens is 2. The summed E-state index contributed by atoms with van der Waals surface area (Å²) in [4.78, 5) is 35.4. The van der Waals surface area contributed by atoms with E-state index in [0.29, 0.717) is 18.3 Å². The third kappa shape index (κ3) is 6.09. The Kier molecular flexibility index (Phi) is 9.13. The van der Waals surface area contributed by atoms with Crippen molar-refractivity contribution in [2.45, 2.75) is 64.3 Å². The van der Waals surface area contributed by atoms with Gasteiger partial charge in [0.25, 0.3) is 5.91 Å². The zero-order valence-corrected chi connectivity index (χ0v) is 27.9. The van der Waals surface area contributed by atoms with Gasteiger partial charge in [-0.15, -0.1) is 0 Å². The molecule has 1 aromatic carbocycles. The fraction of sp³-hybridized carbons (Fsp3) is 0.485. The van der Waals surface area contributed by atoms with Crippen molar-refractivity contribution in [3.63, 3.8) is 0 Å². The lowest BCUT2D eigenvalue weighted by Crippen LogP contribution is -2.43. The van der Waals surface area contributed by atoms with Crippen molar-refractivity contribution >= 4 is 55.3 Å². The first-order valence-corrected chi connectivity index (χ1v) is 17.1. The predicted molar refractivity (Wildman–Crippen MR) is 173 cm³/mol. The van der Waals surface area contributed by atoms with Gasteiger partial charge in [-0.1, -0.05) is 27.5 Å². The number of carbonyl (C=O) groups excluding carboxylic acids is 2. The van der Waals surface area contributed by atoms with Gasteiger partial charge in [0.15, 0.2) is 0 Å². The smallest absolute Gasteiger partial charge is 0.270 e. The van der Waals surface area contributed by atoms with Crippen LogP contribution < -0.4 is 0 Å². The number of likely N-dealkylation sites (tertiary alicyclic amines) is 2. The molecule has 2 aliphatic heterocycles. The second-order valence-corrected chi connectivity index (χ2v) is 14.2. The zero-order chi connectivity index (χ0) is 29.4. The number of carbonyl (C=O) groups is 2. The number of pyridine rings is 1. The second kappa shape index (κ2) is 12.8. The number of fused-ring (bicyclic) bond motifs is 2. The number of amides is 2. The Bertz CT molecular complexity index is 1470.